The Morgan fingerprint density at radius 1 is 1.12 bits per heavy atom. The van der Waals surface area contributed by atoms with E-state index in [0.717, 1.165) is 41.8 Å². The number of rotatable bonds is 3. The summed E-state index contributed by atoms with van der Waals surface area (Å²) in [5.74, 6) is 0.555. The van der Waals surface area contributed by atoms with Crippen molar-refractivity contribution < 1.29 is 4.79 Å². The van der Waals surface area contributed by atoms with Crippen molar-refractivity contribution in [3.8, 4) is 0 Å². The van der Waals surface area contributed by atoms with Gasteiger partial charge in [0.15, 0.2) is 0 Å². The maximum absolute atomic E-state index is 13.8. The molecule has 0 radical (unpaired) electrons. The number of imidazole rings is 1. The van der Waals surface area contributed by atoms with Crippen LogP contribution < -0.4 is 5.43 Å². The molecule has 1 amide bonds. The second-order valence-electron chi connectivity index (χ2n) is 9.07. The largest absolute Gasteiger partial charge is 0.340 e. The van der Waals surface area contributed by atoms with Crippen molar-refractivity contribution in [2.45, 2.75) is 59.5 Å². The summed E-state index contributed by atoms with van der Waals surface area (Å²) in [4.78, 5) is 41.7. The number of nitrogens with zero attached hydrogens (tertiary/aromatic N) is 4. The van der Waals surface area contributed by atoms with Gasteiger partial charge in [-0.2, -0.15) is 0 Å². The maximum atomic E-state index is 13.8. The molecule has 7 heteroatoms. The van der Waals surface area contributed by atoms with Crippen LogP contribution in [0.1, 0.15) is 65.2 Å². The zero-order valence-electron chi connectivity index (χ0n) is 19.6. The minimum Gasteiger partial charge on any atom is -0.340 e. The molecule has 170 valence electrons. The number of aryl methyl sites for hydroxylation is 4. The lowest BCUT2D eigenvalue weighted by Gasteiger charge is -2.34. The van der Waals surface area contributed by atoms with Gasteiger partial charge in [0.2, 0.25) is 5.43 Å². The highest BCUT2D eigenvalue weighted by Crippen LogP contribution is 2.32. The number of nitrogens with one attached hydrogen (secondary N) is 1. The van der Waals surface area contributed by atoms with Crippen molar-refractivity contribution in [3.63, 3.8) is 0 Å². The van der Waals surface area contributed by atoms with Gasteiger partial charge in [0.1, 0.15) is 17.0 Å². The van der Waals surface area contributed by atoms with Gasteiger partial charge in [0.05, 0.1) is 22.5 Å². The first-order chi connectivity index (χ1) is 15.9. The number of piperidine rings is 1. The van der Waals surface area contributed by atoms with Gasteiger partial charge >= 0.3 is 0 Å². The predicted molar refractivity (Wildman–Crippen MR) is 130 cm³/mol. The first kappa shape index (κ1) is 21.4. The van der Waals surface area contributed by atoms with Crippen LogP contribution >= 0.6 is 0 Å². The number of pyridine rings is 2. The van der Waals surface area contributed by atoms with Gasteiger partial charge in [-0.15, -0.1) is 0 Å². The van der Waals surface area contributed by atoms with E-state index in [0.29, 0.717) is 24.1 Å². The molecule has 1 aliphatic rings. The lowest BCUT2D eigenvalue weighted by Crippen LogP contribution is -2.41. The number of hydrogen-bond acceptors (Lipinski definition) is 4. The van der Waals surface area contributed by atoms with Crippen molar-refractivity contribution in [1.82, 2.24) is 24.4 Å². The average Bonchev–Trinajstić information content (AvgIpc) is 3.21. The fraction of sp³-hybridized carbons (Fsp3) is 0.385. The van der Waals surface area contributed by atoms with Crippen LogP contribution in [0.5, 0.6) is 0 Å². The molecular weight excluding hydrogens is 414 g/mol. The molecular formula is C26H29N5O2. The zero-order valence-corrected chi connectivity index (χ0v) is 19.6. The highest BCUT2D eigenvalue weighted by molar-refractivity contribution is 5.97. The van der Waals surface area contributed by atoms with Crippen LogP contribution in [0.25, 0.3) is 22.1 Å². The van der Waals surface area contributed by atoms with Gasteiger partial charge in [-0.1, -0.05) is 0 Å². The molecule has 1 N–H and O–H groups in total. The van der Waals surface area contributed by atoms with Gasteiger partial charge in [-0.25, -0.2) is 9.97 Å². The molecule has 4 aromatic rings. The fourth-order valence-corrected chi connectivity index (χ4v) is 4.81. The van der Waals surface area contributed by atoms with E-state index in [9.17, 15) is 9.59 Å². The van der Waals surface area contributed by atoms with E-state index in [4.69, 9.17) is 4.98 Å². The van der Waals surface area contributed by atoms with Crippen LogP contribution in [0, 0.1) is 20.8 Å². The van der Waals surface area contributed by atoms with Crippen molar-refractivity contribution >= 4 is 28.0 Å². The van der Waals surface area contributed by atoms with Gasteiger partial charge < -0.3 is 14.5 Å². The van der Waals surface area contributed by atoms with Crippen molar-refractivity contribution in [2.24, 2.45) is 0 Å². The van der Waals surface area contributed by atoms with Gasteiger partial charge in [0, 0.05) is 25.0 Å². The predicted octanol–water partition coefficient (Wildman–Crippen LogP) is 4.59. The van der Waals surface area contributed by atoms with Crippen LogP contribution in [0.2, 0.25) is 0 Å². The number of aromatic nitrogens is 4. The summed E-state index contributed by atoms with van der Waals surface area (Å²) in [5, 5.41) is 0.483. The fourth-order valence-electron chi connectivity index (χ4n) is 4.81. The third-order valence-electron chi connectivity index (χ3n) is 6.83. The third kappa shape index (κ3) is 3.61. The summed E-state index contributed by atoms with van der Waals surface area (Å²) in [6, 6.07) is 7.60. The van der Waals surface area contributed by atoms with E-state index in [1.807, 2.05) is 29.4 Å². The summed E-state index contributed by atoms with van der Waals surface area (Å²) in [5.41, 5.74) is 5.69. The SMILES string of the molecule is CCn1cc(C(=O)N2CCCC[C@H]2c2nc3cc(C)c(C)cc3[nH]2)c(=O)c2ccc(C)nc21. The average molecular weight is 444 g/mol. The molecule has 1 fully saturated rings. The lowest BCUT2D eigenvalue weighted by atomic mass is 10.00. The topological polar surface area (TPSA) is 83.9 Å². The Morgan fingerprint density at radius 3 is 2.70 bits per heavy atom. The van der Waals surface area contributed by atoms with E-state index in [-0.39, 0.29) is 22.9 Å². The summed E-state index contributed by atoms with van der Waals surface area (Å²) in [7, 11) is 0. The number of likely N-dealkylation sites (tertiary alicyclic amines) is 1. The van der Waals surface area contributed by atoms with Crippen LogP contribution in [0.4, 0.5) is 0 Å². The Balaban J connectivity index is 1.58. The van der Waals surface area contributed by atoms with Crippen LogP contribution in [-0.2, 0) is 6.54 Å². The van der Waals surface area contributed by atoms with E-state index in [2.05, 4.69) is 35.9 Å². The Kier molecular flexibility index (Phi) is 5.27. The Bertz CT molecular complexity index is 1410. The Labute approximate surface area is 192 Å². The number of carbonyl (C=O) groups is 1. The number of H-pyrrole nitrogens is 1. The summed E-state index contributed by atoms with van der Waals surface area (Å²) in [6.45, 7) is 9.28. The van der Waals surface area contributed by atoms with E-state index >= 15 is 0 Å². The summed E-state index contributed by atoms with van der Waals surface area (Å²) >= 11 is 0. The second-order valence-corrected chi connectivity index (χ2v) is 9.07. The van der Waals surface area contributed by atoms with Gasteiger partial charge in [0.25, 0.3) is 5.91 Å². The molecule has 3 aromatic heterocycles. The monoisotopic (exact) mass is 443 g/mol. The normalized spacial score (nSPS) is 16.6. The quantitative estimate of drug-likeness (QED) is 0.502. The third-order valence-corrected chi connectivity index (χ3v) is 6.83. The van der Waals surface area contributed by atoms with E-state index < -0.39 is 0 Å². The maximum Gasteiger partial charge on any atom is 0.259 e. The molecule has 0 aliphatic carbocycles. The molecule has 0 unspecified atom stereocenters. The molecule has 1 saturated heterocycles. The lowest BCUT2D eigenvalue weighted by molar-refractivity contribution is 0.0599. The Morgan fingerprint density at radius 2 is 1.91 bits per heavy atom. The molecule has 4 heterocycles. The van der Waals surface area contributed by atoms with Crippen LogP contribution in [0.15, 0.2) is 35.3 Å². The van der Waals surface area contributed by atoms with Crippen molar-refractivity contribution in [2.75, 3.05) is 6.54 Å². The number of amides is 1. The molecule has 0 bridgehead atoms. The molecule has 1 aliphatic heterocycles. The first-order valence-corrected chi connectivity index (χ1v) is 11.7. The van der Waals surface area contributed by atoms with E-state index in [1.165, 1.54) is 11.1 Å². The second kappa shape index (κ2) is 8.14. The Hall–Kier alpha value is -3.48. The summed E-state index contributed by atoms with van der Waals surface area (Å²) < 4.78 is 1.89. The number of hydrogen-bond donors (Lipinski definition) is 1. The highest BCUT2D eigenvalue weighted by atomic mass is 16.2. The van der Waals surface area contributed by atoms with Crippen molar-refractivity contribution in [3.05, 3.63) is 68.9 Å². The van der Waals surface area contributed by atoms with Gasteiger partial charge in [-0.3, -0.25) is 9.59 Å². The smallest absolute Gasteiger partial charge is 0.259 e. The first-order valence-electron chi connectivity index (χ1n) is 11.7. The molecule has 33 heavy (non-hydrogen) atoms. The standard InChI is InChI=1S/C26H29N5O2/c1-5-30-14-19(23(32)18-10-9-17(4)27-25(18)30)26(33)31-11-7-6-8-22(31)24-28-20-12-15(2)16(3)13-21(20)29-24/h9-10,12-14,22H,5-8,11H2,1-4H3,(H,28,29)/t22-/m0/s1. The number of aromatic amines is 1. The minimum atomic E-state index is -0.257. The molecule has 1 atom stereocenters. The van der Waals surface area contributed by atoms with Gasteiger partial charge in [-0.05, 0) is 82.3 Å². The number of fused-ring (bicyclic) bond motifs is 2. The molecule has 7 nitrogen and oxygen atoms in total. The highest BCUT2D eigenvalue weighted by Gasteiger charge is 2.32. The number of carbonyl (C=O) groups excluding carboxylic acids is 1. The molecule has 0 spiro atoms. The van der Waals surface area contributed by atoms with E-state index in [1.54, 1.807) is 12.3 Å². The number of benzene rings is 1. The molecule has 0 saturated carbocycles. The van der Waals surface area contributed by atoms with Crippen LogP contribution in [-0.4, -0.2) is 36.9 Å². The van der Waals surface area contributed by atoms with Crippen LogP contribution in [0.3, 0.4) is 0 Å². The molecule has 5 rings (SSSR count). The zero-order chi connectivity index (χ0) is 23.3. The minimum absolute atomic E-state index is 0.180. The molecule has 1 aromatic carbocycles. The summed E-state index contributed by atoms with van der Waals surface area (Å²) in [6.07, 6.45) is 4.43. The van der Waals surface area contributed by atoms with Crippen molar-refractivity contribution in [1.29, 1.82) is 0 Å².